The highest BCUT2D eigenvalue weighted by Crippen LogP contribution is 2.43. The largest absolute Gasteiger partial charge is 0.417 e. The third-order valence-electron chi connectivity index (χ3n) is 5.26. The number of hydrogen-bond acceptors (Lipinski definition) is 1. The van der Waals surface area contributed by atoms with Crippen molar-refractivity contribution < 1.29 is 35.5 Å². The normalized spacial score (nSPS) is 16.2. The van der Waals surface area contributed by atoms with E-state index in [0.717, 1.165) is 24.3 Å². The molecule has 1 unspecified atom stereocenters. The fourth-order valence-electron chi connectivity index (χ4n) is 3.58. The Morgan fingerprint density at radius 1 is 0.941 bits per heavy atom. The van der Waals surface area contributed by atoms with Crippen LogP contribution in [0.2, 0.25) is 15.1 Å². The Morgan fingerprint density at radius 2 is 1.50 bits per heavy atom. The lowest BCUT2D eigenvalue weighted by atomic mass is 9.95. The second-order valence-corrected chi connectivity index (χ2v) is 8.78. The van der Waals surface area contributed by atoms with E-state index in [1.807, 2.05) is 0 Å². The van der Waals surface area contributed by atoms with Gasteiger partial charge in [0.05, 0.1) is 26.2 Å². The molecule has 0 radical (unpaired) electrons. The number of alkyl halides is 6. The lowest BCUT2D eigenvalue weighted by molar-refractivity contribution is -0.140. The molecule has 0 aliphatic carbocycles. The second-order valence-electron chi connectivity index (χ2n) is 7.59. The molecule has 34 heavy (non-hydrogen) atoms. The van der Waals surface area contributed by atoms with Crippen LogP contribution in [-0.4, -0.2) is 30.1 Å². The first-order valence-electron chi connectivity index (χ1n) is 9.79. The zero-order valence-electron chi connectivity index (χ0n) is 17.0. The van der Waals surface area contributed by atoms with Crippen molar-refractivity contribution in [1.82, 2.24) is 4.90 Å². The first-order valence-corrected chi connectivity index (χ1v) is 10.9. The molecule has 1 atom stereocenters. The predicted molar refractivity (Wildman–Crippen MR) is 116 cm³/mol. The highest BCUT2D eigenvalue weighted by atomic mass is 35.5. The van der Waals surface area contributed by atoms with E-state index >= 15 is 0 Å². The quantitative estimate of drug-likeness (QED) is 0.277. The summed E-state index contributed by atoms with van der Waals surface area (Å²) in [7, 11) is 0. The van der Waals surface area contributed by atoms with E-state index in [4.69, 9.17) is 34.8 Å². The van der Waals surface area contributed by atoms with Crippen LogP contribution in [0.15, 0.2) is 36.4 Å². The first-order chi connectivity index (χ1) is 15.7. The molecule has 0 bridgehead atoms. The molecule has 0 saturated carbocycles. The molecule has 0 spiro atoms. The summed E-state index contributed by atoms with van der Waals surface area (Å²) < 4.78 is 96.9. The standard InChI is InChI=1S/C22H15Cl3F7NO/c23-16-8-12(9-17(24)19(16)25)14(21(27,28)29)10-18(26)11-3-4-13(15(7-11)22(30,31)32)20(34)33-5-1-2-6-33/h3-4,7-10,14H,1-2,5-6H2/b18-10-. The van der Waals surface area contributed by atoms with Gasteiger partial charge in [-0.1, -0.05) is 40.9 Å². The lowest BCUT2D eigenvalue weighted by Crippen LogP contribution is -2.29. The van der Waals surface area contributed by atoms with E-state index in [2.05, 4.69) is 0 Å². The van der Waals surface area contributed by atoms with Crippen molar-refractivity contribution in [3.05, 3.63) is 73.7 Å². The average Bonchev–Trinajstić information content (AvgIpc) is 3.28. The molecule has 1 fully saturated rings. The zero-order chi connectivity index (χ0) is 25.4. The molecule has 0 aromatic heterocycles. The van der Waals surface area contributed by atoms with Gasteiger partial charge in [0.2, 0.25) is 0 Å². The molecular weight excluding hydrogens is 534 g/mol. The number of rotatable bonds is 4. The van der Waals surface area contributed by atoms with E-state index in [-0.39, 0.29) is 34.2 Å². The fourth-order valence-corrected chi connectivity index (χ4v) is 4.19. The number of likely N-dealkylation sites (tertiary alicyclic amines) is 1. The molecular formula is C22H15Cl3F7NO. The number of benzene rings is 2. The fraction of sp³-hybridized carbons (Fsp3) is 0.318. The lowest BCUT2D eigenvalue weighted by Gasteiger charge is -2.20. The summed E-state index contributed by atoms with van der Waals surface area (Å²) in [6.07, 6.45) is -8.68. The van der Waals surface area contributed by atoms with Gasteiger partial charge in [0.1, 0.15) is 11.7 Å². The van der Waals surface area contributed by atoms with Gasteiger partial charge in [0.25, 0.3) is 5.91 Å². The molecule has 0 N–H and O–H groups in total. The van der Waals surface area contributed by atoms with Crippen LogP contribution in [0.1, 0.15) is 45.8 Å². The van der Waals surface area contributed by atoms with Gasteiger partial charge in [-0.2, -0.15) is 26.3 Å². The van der Waals surface area contributed by atoms with Gasteiger partial charge >= 0.3 is 12.4 Å². The molecule has 3 rings (SSSR count). The highest BCUT2D eigenvalue weighted by Gasteiger charge is 2.41. The Kier molecular flexibility index (Phi) is 7.79. The molecule has 1 aliphatic heterocycles. The van der Waals surface area contributed by atoms with E-state index in [9.17, 15) is 35.5 Å². The van der Waals surface area contributed by atoms with Gasteiger partial charge in [0, 0.05) is 18.7 Å². The van der Waals surface area contributed by atoms with Crippen LogP contribution < -0.4 is 0 Å². The van der Waals surface area contributed by atoms with Crippen LogP contribution in [0.3, 0.4) is 0 Å². The summed E-state index contributed by atoms with van der Waals surface area (Å²) in [5.41, 5.74) is -3.47. The SMILES string of the molecule is O=C(c1ccc(/C(F)=C/C(c2cc(Cl)c(Cl)c(Cl)c2)C(F)(F)F)cc1C(F)(F)F)N1CCCC1. The van der Waals surface area contributed by atoms with Crippen molar-refractivity contribution in [2.24, 2.45) is 0 Å². The summed E-state index contributed by atoms with van der Waals surface area (Å²) >= 11 is 17.3. The van der Waals surface area contributed by atoms with Crippen LogP contribution in [-0.2, 0) is 6.18 Å². The van der Waals surface area contributed by atoms with Gasteiger partial charge in [-0.25, -0.2) is 4.39 Å². The van der Waals surface area contributed by atoms with E-state index in [1.54, 1.807) is 0 Å². The summed E-state index contributed by atoms with van der Waals surface area (Å²) in [5, 5.41) is -0.821. The van der Waals surface area contributed by atoms with Gasteiger partial charge in [-0.3, -0.25) is 4.79 Å². The highest BCUT2D eigenvalue weighted by molar-refractivity contribution is 6.48. The third kappa shape index (κ3) is 5.80. The maximum absolute atomic E-state index is 14.9. The number of carbonyl (C=O) groups excluding carboxylic acids is 1. The van der Waals surface area contributed by atoms with Crippen LogP contribution in [0.25, 0.3) is 5.83 Å². The van der Waals surface area contributed by atoms with Gasteiger partial charge in [-0.05, 0) is 48.7 Å². The van der Waals surface area contributed by atoms with Crippen LogP contribution in [0, 0.1) is 0 Å². The Hall–Kier alpha value is -1.97. The van der Waals surface area contributed by atoms with Crippen molar-refractivity contribution in [2.45, 2.75) is 31.1 Å². The summed E-state index contributed by atoms with van der Waals surface area (Å²) in [6.45, 7) is 0.567. The molecule has 184 valence electrons. The van der Waals surface area contributed by atoms with Gasteiger partial charge in [-0.15, -0.1) is 0 Å². The molecule has 1 heterocycles. The summed E-state index contributed by atoms with van der Waals surface area (Å²) in [5.74, 6) is -5.03. The van der Waals surface area contributed by atoms with Crippen molar-refractivity contribution in [3.8, 4) is 0 Å². The number of halogens is 10. The van der Waals surface area contributed by atoms with Crippen molar-refractivity contribution in [3.63, 3.8) is 0 Å². The van der Waals surface area contributed by atoms with E-state index < -0.39 is 52.3 Å². The minimum Gasteiger partial charge on any atom is -0.339 e. The number of nitrogens with zero attached hydrogens (tertiary/aromatic N) is 1. The smallest absolute Gasteiger partial charge is 0.339 e. The monoisotopic (exact) mass is 547 g/mol. The van der Waals surface area contributed by atoms with E-state index in [0.29, 0.717) is 18.9 Å². The van der Waals surface area contributed by atoms with E-state index in [1.165, 1.54) is 4.90 Å². The van der Waals surface area contributed by atoms with Gasteiger partial charge in [0.15, 0.2) is 0 Å². The number of carbonyl (C=O) groups is 1. The Labute approximate surface area is 204 Å². The average molecular weight is 549 g/mol. The Balaban J connectivity index is 2.06. The van der Waals surface area contributed by atoms with Crippen LogP contribution >= 0.6 is 34.8 Å². The van der Waals surface area contributed by atoms with Crippen molar-refractivity contribution in [1.29, 1.82) is 0 Å². The Bertz CT molecular complexity index is 1100. The molecule has 2 nitrogen and oxygen atoms in total. The number of hydrogen-bond donors (Lipinski definition) is 0. The summed E-state index contributed by atoms with van der Waals surface area (Å²) in [4.78, 5) is 13.8. The van der Waals surface area contributed by atoms with Crippen molar-refractivity contribution in [2.75, 3.05) is 13.1 Å². The molecule has 1 amide bonds. The minimum absolute atomic E-state index is 0.118. The molecule has 2 aromatic rings. The minimum atomic E-state index is -5.04. The Morgan fingerprint density at radius 3 is 2.00 bits per heavy atom. The number of amides is 1. The predicted octanol–water partition coefficient (Wildman–Crippen LogP) is 8.56. The number of allylic oxidation sites excluding steroid dienone is 1. The summed E-state index contributed by atoms with van der Waals surface area (Å²) in [6, 6.07) is 3.61. The third-order valence-corrected chi connectivity index (χ3v) is 6.45. The maximum Gasteiger partial charge on any atom is 0.417 e. The van der Waals surface area contributed by atoms with Crippen LogP contribution in [0.5, 0.6) is 0 Å². The van der Waals surface area contributed by atoms with Crippen molar-refractivity contribution >= 4 is 46.5 Å². The van der Waals surface area contributed by atoms with Crippen LogP contribution in [0.4, 0.5) is 30.7 Å². The molecule has 2 aromatic carbocycles. The topological polar surface area (TPSA) is 20.3 Å². The molecule has 1 saturated heterocycles. The zero-order valence-corrected chi connectivity index (χ0v) is 19.3. The molecule has 12 heteroatoms. The maximum atomic E-state index is 14.9. The van der Waals surface area contributed by atoms with Gasteiger partial charge < -0.3 is 4.90 Å². The second kappa shape index (κ2) is 9.95. The molecule has 1 aliphatic rings. The first kappa shape index (κ1) is 26.6.